The first-order chi connectivity index (χ1) is 9.69. The molecule has 0 aliphatic heterocycles. The number of thiophene rings is 2. The van der Waals surface area contributed by atoms with Gasteiger partial charge in [0.15, 0.2) is 5.84 Å². The van der Waals surface area contributed by atoms with Gasteiger partial charge < -0.3 is 16.3 Å². The van der Waals surface area contributed by atoms with Crippen LogP contribution < -0.4 is 11.1 Å². The van der Waals surface area contributed by atoms with Gasteiger partial charge in [0.2, 0.25) is 0 Å². The van der Waals surface area contributed by atoms with E-state index in [4.69, 9.17) is 10.9 Å². The van der Waals surface area contributed by atoms with Crippen molar-refractivity contribution in [3.8, 4) is 0 Å². The summed E-state index contributed by atoms with van der Waals surface area (Å²) in [6.45, 7) is 0. The zero-order chi connectivity index (χ0) is 14.1. The molecule has 3 aromatic heterocycles. The maximum Gasteiger partial charge on any atom is 0.266 e. The van der Waals surface area contributed by atoms with E-state index < -0.39 is 0 Å². The van der Waals surface area contributed by atoms with Crippen LogP contribution in [-0.2, 0) is 0 Å². The lowest BCUT2D eigenvalue weighted by molar-refractivity contribution is 0.103. The number of fused-ring (bicyclic) bond motifs is 1. The van der Waals surface area contributed by atoms with Crippen LogP contribution in [0.25, 0.3) is 9.40 Å². The summed E-state index contributed by atoms with van der Waals surface area (Å²) >= 11 is 2.99. The summed E-state index contributed by atoms with van der Waals surface area (Å²) in [5.41, 5.74) is 5.82. The molecule has 102 valence electrons. The lowest BCUT2D eigenvalue weighted by Crippen LogP contribution is -2.17. The van der Waals surface area contributed by atoms with Gasteiger partial charge in [0, 0.05) is 9.40 Å². The minimum atomic E-state index is -0.269. The third kappa shape index (κ3) is 2.12. The summed E-state index contributed by atoms with van der Waals surface area (Å²) in [6, 6.07) is 3.80. The smallest absolute Gasteiger partial charge is 0.266 e. The number of nitrogens with two attached hydrogens (primary N) is 1. The van der Waals surface area contributed by atoms with Gasteiger partial charge >= 0.3 is 0 Å². The van der Waals surface area contributed by atoms with Gasteiger partial charge in [-0.15, -0.1) is 22.7 Å². The highest BCUT2D eigenvalue weighted by atomic mass is 32.1. The Labute approximate surface area is 120 Å². The van der Waals surface area contributed by atoms with E-state index in [1.807, 2.05) is 17.5 Å². The molecule has 0 spiro atoms. The van der Waals surface area contributed by atoms with Crippen molar-refractivity contribution < 1.29 is 10.0 Å². The molecule has 9 heteroatoms. The van der Waals surface area contributed by atoms with Gasteiger partial charge in [-0.3, -0.25) is 9.89 Å². The lowest BCUT2D eigenvalue weighted by Gasteiger charge is -2.02. The number of hydrogen-bond acceptors (Lipinski definition) is 6. The number of rotatable bonds is 3. The van der Waals surface area contributed by atoms with Crippen LogP contribution in [0.5, 0.6) is 0 Å². The number of nitrogens with one attached hydrogen (secondary N) is 2. The molecule has 0 atom stereocenters. The van der Waals surface area contributed by atoms with Gasteiger partial charge in [-0.05, 0) is 17.5 Å². The van der Waals surface area contributed by atoms with Gasteiger partial charge in [-0.2, -0.15) is 5.10 Å². The fraction of sp³-hybridized carbons (Fsp3) is 0. The topological polar surface area (TPSA) is 116 Å². The molecule has 0 bridgehead atoms. The van der Waals surface area contributed by atoms with Crippen LogP contribution in [0, 0.1) is 0 Å². The molecule has 0 saturated heterocycles. The van der Waals surface area contributed by atoms with Gasteiger partial charge in [0.25, 0.3) is 5.91 Å². The van der Waals surface area contributed by atoms with Crippen molar-refractivity contribution in [2.45, 2.75) is 0 Å². The third-order valence-electron chi connectivity index (χ3n) is 2.62. The average Bonchev–Trinajstić information content (AvgIpc) is 3.11. The van der Waals surface area contributed by atoms with E-state index in [1.165, 1.54) is 17.5 Å². The second-order valence-electron chi connectivity index (χ2n) is 3.86. The van der Waals surface area contributed by atoms with E-state index in [2.05, 4.69) is 20.7 Å². The minimum Gasteiger partial charge on any atom is -0.409 e. The minimum absolute atomic E-state index is 0.124. The van der Waals surface area contributed by atoms with Crippen LogP contribution in [0.4, 0.5) is 5.82 Å². The van der Waals surface area contributed by atoms with Crippen LogP contribution >= 0.6 is 22.7 Å². The Balaban J connectivity index is 1.86. The normalized spacial score (nSPS) is 11.9. The molecule has 0 aromatic carbocycles. The van der Waals surface area contributed by atoms with E-state index in [-0.39, 0.29) is 11.7 Å². The number of H-pyrrole nitrogens is 1. The number of carbonyl (C=O) groups is 1. The number of aromatic amines is 1. The fourth-order valence-corrected chi connectivity index (χ4v) is 3.69. The number of amides is 1. The van der Waals surface area contributed by atoms with Crippen molar-refractivity contribution in [2.75, 3.05) is 5.32 Å². The summed E-state index contributed by atoms with van der Waals surface area (Å²) in [6.07, 6.45) is 1.37. The summed E-state index contributed by atoms with van der Waals surface area (Å²) in [7, 11) is 0. The molecular formula is C11H9N5O2S2. The highest BCUT2D eigenvalue weighted by molar-refractivity contribution is 7.27. The number of oxime groups is 1. The first-order valence-corrected chi connectivity index (χ1v) is 7.18. The summed E-state index contributed by atoms with van der Waals surface area (Å²) < 4.78 is 2.14. The zero-order valence-electron chi connectivity index (χ0n) is 9.95. The van der Waals surface area contributed by atoms with Crippen molar-refractivity contribution in [3.05, 3.63) is 34.2 Å². The number of nitrogens with zero attached hydrogens (tertiary/aromatic N) is 2. The molecular weight excluding hydrogens is 298 g/mol. The van der Waals surface area contributed by atoms with Crippen LogP contribution in [0.2, 0.25) is 0 Å². The van der Waals surface area contributed by atoms with E-state index in [9.17, 15) is 4.79 Å². The maximum atomic E-state index is 12.2. The molecule has 0 aliphatic carbocycles. The van der Waals surface area contributed by atoms with E-state index in [0.717, 1.165) is 9.40 Å². The van der Waals surface area contributed by atoms with E-state index >= 15 is 0 Å². The predicted molar refractivity (Wildman–Crippen MR) is 78.8 cm³/mol. The molecule has 0 saturated carbocycles. The Morgan fingerprint density at radius 2 is 2.35 bits per heavy atom. The number of hydrogen-bond donors (Lipinski definition) is 4. The molecule has 0 unspecified atom stereocenters. The predicted octanol–water partition coefficient (Wildman–Crippen LogP) is 2.03. The standard InChI is InChI=1S/C11H9N5O2S2/c12-9(16-18)5-4-13-15-10(5)14-11(17)8-3-7-6(20-8)1-2-19-7/h1-4,18H,(H2,12,16)(H2,13,14,15,17). The second-order valence-corrected chi connectivity index (χ2v) is 5.89. The number of anilines is 1. The molecule has 0 radical (unpaired) electrons. The summed E-state index contributed by atoms with van der Waals surface area (Å²) in [4.78, 5) is 12.7. The molecule has 3 heterocycles. The molecule has 3 rings (SSSR count). The quantitative estimate of drug-likeness (QED) is 0.256. The molecule has 20 heavy (non-hydrogen) atoms. The molecule has 1 amide bonds. The number of aromatic nitrogens is 2. The van der Waals surface area contributed by atoms with Gasteiger partial charge in [-0.1, -0.05) is 5.16 Å². The van der Waals surface area contributed by atoms with Crippen molar-refractivity contribution in [2.24, 2.45) is 10.9 Å². The Hall–Kier alpha value is -2.39. The fourth-order valence-electron chi connectivity index (χ4n) is 1.68. The van der Waals surface area contributed by atoms with Crippen LogP contribution in [-0.4, -0.2) is 27.1 Å². The van der Waals surface area contributed by atoms with E-state index in [1.54, 1.807) is 11.3 Å². The van der Waals surface area contributed by atoms with Crippen molar-refractivity contribution in [3.63, 3.8) is 0 Å². The van der Waals surface area contributed by atoms with Crippen molar-refractivity contribution in [1.29, 1.82) is 0 Å². The molecule has 5 N–H and O–H groups in total. The van der Waals surface area contributed by atoms with Crippen LogP contribution in [0.15, 0.2) is 28.9 Å². The molecule has 7 nitrogen and oxygen atoms in total. The summed E-state index contributed by atoms with van der Waals surface area (Å²) in [5.74, 6) is -0.0992. The first kappa shape index (κ1) is 12.6. The van der Waals surface area contributed by atoms with Crippen molar-refractivity contribution >= 4 is 49.6 Å². The van der Waals surface area contributed by atoms with Crippen LogP contribution in [0.1, 0.15) is 15.2 Å². The molecule has 3 aromatic rings. The maximum absolute atomic E-state index is 12.2. The first-order valence-electron chi connectivity index (χ1n) is 5.48. The Bertz CT molecular complexity index is 772. The monoisotopic (exact) mass is 307 g/mol. The Morgan fingerprint density at radius 3 is 3.10 bits per heavy atom. The van der Waals surface area contributed by atoms with Crippen molar-refractivity contribution in [1.82, 2.24) is 10.2 Å². The third-order valence-corrected chi connectivity index (χ3v) is 4.72. The van der Waals surface area contributed by atoms with Gasteiger partial charge in [0.05, 0.1) is 16.6 Å². The lowest BCUT2D eigenvalue weighted by atomic mass is 10.3. The summed E-state index contributed by atoms with van der Waals surface area (Å²) in [5, 5.41) is 22.6. The number of carbonyl (C=O) groups excluding carboxylic acids is 1. The Kier molecular flexibility index (Phi) is 3.12. The Morgan fingerprint density at radius 1 is 1.50 bits per heavy atom. The SMILES string of the molecule is N/C(=N/O)c1cn[nH]c1NC(=O)c1cc2sccc2s1. The van der Waals surface area contributed by atoms with Gasteiger partial charge in [-0.25, -0.2) is 0 Å². The highest BCUT2D eigenvalue weighted by Gasteiger charge is 2.16. The second kappa shape index (κ2) is 4.94. The number of amidine groups is 1. The molecule has 0 aliphatic rings. The highest BCUT2D eigenvalue weighted by Crippen LogP contribution is 2.30. The van der Waals surface area contributed by atoms with Crippen LogP contribution in [0.3, 0.4) is 0 Å². The largest absolute Gasteiger partial charge is 0.409 e. The zero-order valence-corrected chi connectivity index (χ0v) is 11.6. The van der Waals surface area contributed by atoms with E-state index in [0.29, 0.717) is 16.3 Å². The average molecular weight is 307 g/mol. The molecule has 0 fully saturated rings. The van der Waals surface area contributed by atoms with Gasteiger partial charge in [0.1, 0.15) is 5.82 Å².